The second-order valence-electron chi connectivity index (χ2n) is 7.53. The molecule has 0 saturated carbocycles. The predicted molar refractivity (Wildman–Crippen MR) is 99.6 cm³/mol. The smallest absolute Gasteiger partial charge is 0.319 e. The molecule has 3 amide bonds. The van der Waals surface area contributed by atoms with Gasteiger partial charge in [-0.2, -0.15) is 11.3 Å². The summed E-state index contributed by atoms with van der Waals surface area (Å²) in [5.74, 6) is 0.220. The average Bonchev–Trinajstić information content (AvgIpc) is 3.13. The Morgan fingerprint density at radius 1 is 1.28 bits per heavy atom. The zero-order valence-electron chi connectivity index (χ0n) is 15.4. The third kappa shape index (κ3) is 3.98. The first-order chi connectivity index (χ1) is 11.9. The van der Waals surface area contributed by atoms with Crippen LogP contribution in [0.1, 0.15) is 18.9 Å². The Hall–Kier alpha value is -1.60. The summed E-state index contributed by atoms with van der Waals surface area (Å²) in [4.78, 5) is 32.9. The number of urea groups is 1. The van der Waals surface area contributed by atoms with Crippen LogP contribution in [0.5, 0.6) is 0 Å². The number of hydrogen-bond acceptors (Lipinski definition) is 4. The van der Waals surface area contributed by atoms with E-state index in [0.717, 1.165) is 32.7 Å². The van der Waals surface area contributed by atoms with Crippen molar-refractivity contribution >= 4 is 23.3 Å². The first-order valence-corrected chi connectivity index (χ1v) is 9.84. The van der Waals surface area contributed by atoms with Crippen molar-refractivity contribution in [2.24, 2.45) is 5.41 Å². The van der Waals surface area contributed by atoms with Crippen LogP contribution in [0.15, 0.2) is 16.8 Å². The topological polar surface area (TPSA) is 47.1 Å². The minimum Gasteiger partial charge on any atom is -0.342 e. The van der Waals surface area contributed by atoms with Gasteiger partial charge < -0.3 is 14.7 Å². The molecular formula is C18H28N4O2S. The Kier molecular flexibility index (Phi) is 5.34. The summed E-state index contributed by atoms with van der Waals surface area (Å²) in [6.45, 7) is 7.48. The summed E-state index contributed by atoms with van der Waals surface area (Å²) >= 11 is 1.71. The van der Waals surface area contributed by atoms with Crippen LogP contribution in [0.2, 0.25) is 0 Å². The number of carbonyl (C=O) groups is 2. The van der Waals surface area contributed by atoms with Crippen molar-refractivity contribution in [2.75, 3.05) is 53.4 Å². The SMILES string of the molecule is CCN1CC2(CC1=O)CN(Cc1ccsc1)CCN(C(=O)N(C)C)C2. The third-order valence-corrected chi connectivity index (χ3v) is 5.93. The highest BCUT2D eigenvalue weighted by Crippen LogP contribution is 2.35. The van der Waals surface area contributed by atoms with E-state index in [-0.39, 0.29) is 17.4 Å². The maximum absolute atomic E-state index is 12.6. The molecule has 1 unspecified atom stereocenters. The van der Waals surface area contributed by atoms with Crippen molar-refractivity contribution in [1.82, 2.24) is 19.6 Å². The van der Waals surface area contributed by atoms with Gasteiger partial charge in [-0.05, 0) is 29.3 Å². The average molecular weight is 365 g/mol. The lowest BCUT2D eigenvalue weighted by molar-refractivity contribution is -0.127. The standard InChI is InChI=1S/C18H28N4O2S/c1-4-21-13-18(9-16(21)23)12-20(10-15-5-8-25-11-15)6-7-22(14-18)17(24)19(2)3/h5,8,11H,4,6-7,9-10,12-14H2,1-3H3. The van der Waals surface area contributed by atoms with E-state index in [1.165, 1.54) is 5.56 Å². The van der Waals surface area contributed by atoms with Crippen LogP contribution in [-0.4, -0.2) is 84.9 Å². The van der Waals surface area contributed by atoms with Crippen LogP contribution < -0.4 is 0 Å². The van der Waals surface area contributed by atoms with Gasteiger partial charge in [0.1, 0.15) is 0 Å². The predicted octanol–water partition coefficient (Wildman–Crippen LogP) is 1.79. The summed E-state index contributed by atoms with van der Waals surface area (Å²) in [6.07, 6.45) is 0.540. The molecule has 0 N–H and O–H groups in total. The minimum absolute atomic E-state index is 0.0409. The molecule has 2 aliphatic rings. The molecule has 1 aromatic rings. The monoisotopic (exact) mass is 364 g/mol. The van der Waals surface area contributed by atoms with Crippen LogP contribution >= 0.6 is 11.3 Å². The van der Waals surface area contributed by atoms with Gasteiger partial charge in [-0.3, -0.25) is 9.69 Å². The second kappa shape index (κ2) is 7.33. The molecule has 6 nitrogen and oxygen atoms in total. The lowest BCUT2D eigenvalue weighted by Gasteiger charge is -2.34. The molecule has 2 aliphatic heterocycles. The molecule has 25 heavy (non-hydrogen) atoms. The first kappa shape index (κ1) is 18.2. The lowest BCUT2D eigenvalue weighted by atomic mass is 9.86. The van der Waals surface area contributed by atoms with E-state index in [0.29, 0.717) is 19.5 Å². The number of carbonyl (C=O) groups excluding carboxylic acids is 2. The van der Waals surface area contributed by atoms with Crippen LogP contribution in [0.3, 0.4) is 0 Å². The number of likely N-dealkylation sites (tertiary alicyclic amines) is 1. The maximum Gasteiger partial charge on any atom is 0.319 e. The molecule has 3 rings (SSSR count). The molecule has 138 valence electrons. The van der Waals surface area contributed by atoms with E-state index in [2.05, 4.69) is 21.7 Å². The van der Waals surface area contributed by atoms with Crippen molar-refractivity contribution in [2.45, 2.75) is 19.9 Å². The van der Waals surface area contributed by atoms with Crippen LogP contribution in [-0.2, 0) is 11.3 Å². The molecule has 1 spiro atoms. The number of rotatable bonds is 3. The van der Waals surface area contributed by atoms with Crippen molar-refractivity contribution in [3.8, 4) is 0 Å². The summed E-state index contributed by atoms with van der Waals surface area (Å²) < 4.78 is 0. The van der Waals surface area contributed by atoms with Crippen molar-refractivity contribution in [1.29, 1.82) is 0 Å². The Labute approximate surface area is 154 Å². The van der Waals surface area contributed by atoms with Gasteiger partial charge in [0.05, 0.1) is 0 Å². The Bertz CT molecular complexity index is 619. The van der Waals surface area contributed by atoms with E-state index in [1.54, 1.807) is 30.3 Å². The van der Waals surface area contributed by atoms with E-state index in [9.17, 15) is 9.59 Å². The molecule has 0 bridgehead atoms. The van der Waals surface area contributed by atoms with E-state index in [1.807, 2.05) is 16.7 Å². The normalized spacial score (nSPS) is 24.8. The largest absolute Gasteiger partial charge is 0.342 e. The highest BCUT2D eigenvalue weighted by molar-refractivity contribution is 7.07. The molecule has 3 heterocycles. The van der Waals surface area contributed by atoms with Gasteiger partial charge in [-0.15, -0.1) is 0 Å². The van der Waals surface area contributed by atoms with Crippen molar-refractivity contribution in [3.05, 3.63) is 22.4 Å². The van der Waals surface area contributed by atoms with E-state index < -0.39 is 0 Å². The summed E-state index contributed by atoms with van der Waals surface area (Å²) in [6, 6.07) is 2.20. The molecular weight excluding hydrogens is 336 g/mol. The van der Waals surface area contributed by atoms with E-state index >= 15 is 0 Å². The van der Waals surface area contributed by atoms with Crippen LogP contribution in [0, 0.1) is 5.41 Å². The Morgan fingerprint density at radius 2 is 2.08 bits per heavy atom. The zero-order chi connectivity index (χ0) is 18.0. The fourth-order valence-corrected chi connectivity index (χ4v) is 4.71. The molecule has 1 aromatic heterocycles. The number of thiophene rings is 1. The maximum atomic E-state index is 12.6. The lowest BCUT2D eigenvalue weighted by Crippen LogP contribution is -2.47. The minimum atomic E-state index is -0.161. The zero-order valence-corrected chi connectivity index (χ0v) is 16.2. The van der Waals surface area contributed by atoms with Crippen molar-refractivity contribution in [3.63, 3.8) is 0 Å². The molecule has 7 heteroatoms. The van der Waals surface area contributed by atoms with Gasteiger partial charge in [0.25, 0.3) is 0 Å². The van der Waals surface area contributed by atoms with E-state index in [4.69, 9.17) is 0 Å². The fourth-order valence-electron chi connectivity index (χ4n) is 4.05. The van der Waals surface area contributed by atoms with Gasteiger partial charge in [0, 0.05) is 71.7 Å². The number of hydrogen-bond donors (Lipinski definition) is 0. The second-order valence-corrected chi connectivity index (χ2v) is 8.31. The molecule has 0 aliphatic carbocycles. The van der Waals surface area contributed by atoms with Gasteiger partial charge >= 0.3 is 6.03 Å². The van der Waals surface area contributed by atoms with Gasteiger partial charge in [0.15, 0.2) is 0 Å². The summed E-state index contributed by atoms with van der Waals surface area (Å²) in [5, 5.41) is 4.28. The van der Waals surface area contributed by atoms with Crippen LogP contribution in [0.25, 0.3) is 0 Å². The highest BCUT2D eigenvalue weighted by atomic mass is 32.1. The third-order valence-electron chi connectivity index (χ3n) is 5.20. The van der Waals surface area contributed by atoms with Gasteiger partial charge in [0.2, 0.25) is 5.91 Å². The molecule has 0 radical (unpaired) electrons. The van der Waals surface area contributed by atoms with Gasteiger partial charge in [-0.1, -0.05) is 0 Å². The van der Waals surface area contributed by atoms with Crippen LogP contribution in [0.4, 0.5) is 4.79 Å². The number of nitrogens with zero attached hydrogens (tertiary/aromatic N) is 4. The fraction of sp³-hybridized carbons (Fsp3) is 0.667. The van der Waals surface area contributed by atoms with Crippen molar-refractivity contribution < 1.29 is 9.59 Å². The summed E-state index contributed by atoms with van der Waals surface area (Å²) in [5.41, 5.74) is 1.15. The Balaban J connectivity index is 1.82. The number of amides is 3. The first-order valence-electron chi connectivity index (χ1n) is 8.90. The molecule has 2 saturated heterocycles. The quantitative estimate of drug-likeness (QED) is 0.821. The van der Waals surface area contributed by atoms with Gasteiger partial charge in [-0.25, -0.2) is 4.79 Å². The summed E-state index contributed by atoms with van der Waals surface area (Å²) in [7, 11) is 3.59. The highest BCUT2D eigenvalue weighted by Gasteiger charge is 2.46. The molecule has 1 atom stereocenters. The molecule has 0 aromatic carbocycles. The molecule has 2 fully saturated rings. The Morgan fingerprint density at radius 3 is 2.68 bits per heavy atom.